The maximum atomic E-state index is 10.4. The lowest BCUT2D eigenvalue weighted by atomic mass is 9.56. The fraction of sp³-hybridized carbons (Fsp3) is 0.524. The normalized spacial score (nSPS) is 35.9. The first kappa shape index (κ1) is 13.5. The predicted molar refractivity (Wildman–Crippen MR) is 92.4 cm³/mol. The van der Waals surface area contributed by atoms with Crippen LogP contribution in [-0.2, 0) is 11.8 Å². The molecular formula is C21H23NO2. The lowest BCUT2D eigenvalue weighted by molar-refractivity contribution is 0.0916. The Labute approximate surface area is 142 Å². The third-order valence-corrected chi connectivity index (χ3v) is 7.00. The predicted octanol–water partition coefficient (Wildman–Crippen LogP) is 3.32. The van der Waals surface area contributed by atoms with Crippen LogP contribution < -0.4 is 4.74 Å². The van der Waals surface area contributed by atoms with Gasteiger partial charge in [0, 0.05) is 24.7 Å². The van der Waals surface area contributed by atoms with Crippen molar-refractivity contribution < 1.29 is 9.84 Å². The minimum Gasteiger partial charge on any atom is -0.504 e. The molecule has 24 heavy (non-hydrogen) atoms. The van der Waals surface area contributed by atoms with E-state index < -0.39 is 0 Å². The van der Waals surface area contributed by atoms with E-state index in [0.717, 1.165) is 31.1 Å². The summed E-state index contributed by atoms with van der Waals surface area (Å²) < 4.78 is 6.37. The van der Waals surface area contributed by atoms with Crippen molar-refractivity contribution >= 4 is 0 Å². The third-order valence-electron chi connectivity index (χ3n) is 7.00. The Morgan fingerprint density at radius 2 is 2.17 bits per heavy atom. The highest BCUT2D eigenvalue weighted by atomic mass is 16.5. The second kappa shape index (κ2) is 4.26. The van der Waals surface area contributed by atoms with Gasteiger partial charge in [-0.2, -0.15) is 0 Å². The van der Waals surface area contributed by atoms with Gasteiger partial charge in [-0.25, -0.2) is 0 Å². The number of rotatable bonds is 2. The number of phenols is 1. The van der Waals surface area contributed by atoms with E-state index in [-0.39, 0.29) is 11.5 Å². The number of hydrogen-bond acceptors (Lipinski definition) is 3. The first-order valence-electron chi connectivity index (χ1n) is 9.33. The Bertz CT molecular complexity index is 819. The lowest BCUT2D eigenvalue weighted by Gasteiger charge is -2.54. The molecule has 2 bridgehead atoms. The van der Waals surface area contributed by atoms with E-state index in [9.17, 15) is 5.11 Å². The van der Waals surface area contributed by atoms with Gasteiger partial charge in [0.2, 0.25) is 0 Å². The Morgan fingerprint density at radius 3 is 3.00 bits per heavy atom. The van der Waals surface area contributed by atoms with Gasteiger partial charge in [-0.05, 0) is 61.3 Å². The van der Waals surface area contributed by atoms with Crippen molar-refractivity contribution in [3.05, 3.63) is 46.6 Å². The molecule has 2 heterocycles. The second-order valence-electron chi connectivity index (χ2n) is 8.36. The van der Waals surface area contributed by atoms with Crippen LogP contribution in [0.2, 0.25) is 0 Å². The van der Waals surface area contributed by atoms with Crippen LogP contribution in [0.25, 0.3) is 0 Å². The van der Waals surface area contributed by atoms with Crippen LogP contribution in [0, 0.1) is 5.92 Å². The largest absolute Gasteiger partial charge is 0.504 e. The van der Waals surface area contributed by atoms with Gasteiger partial charge in [0.1, 0.15) is 6.10 Å². The Kier molecular flexibility index (Phi) is 2.40. The van der Waals surface area contributed by atoms with Crippen LogP contribution in [0.15, 0.2) is 35.4 Å². The van der Waals surface area contributed by atoms with E-state index in [1.165, 1.54) is 36.1 Å². The summed E-state index contributed by atoms with van der Waals surface area (Å²) in [5.74, 6) is 1.99. The summed E-state index contributed by atoms with van der Waals surface area (Å²) in [6.07, 6.45) is 9.69. The van der Waals surface area contributed by atoms with Gasteiger partial charge in [-0.1, -0.05) is 18.2 Å². The molecule has 2 fully saturated rings. The molecule has 3 atom stereocenters. The molecule has 1 aromatic rings. The zero-order valence-corrected chi connectivity index (χ0v) is 14.1. The highest BCUT2D eigenvalue weighted by molar-refractivity contribution is 5.67. The van der Waals surface area contributed by atoms with E-state index in [4.69, 9.17) is 4.74 Å². The molecule has 2 aliphatic heterocycles. The summed E-state index contributed by atoms with van der Waals surface area (Å²) in [7, 11) is 0. The van der Waals surface area contributed by atoms with Gasteiger partial charge in [0.05, 0.1) is 5.41 Å². The van der Waals surface area contributed by atoms with Crippen molar-refractivity contribution in [3.8, 4) is 11.5 Å². The maximum absolute atomic E-state index is 10.4. The molecule has 0 radical (unpaired) electrons. The monoisotopic (exact) mass is 321 g/mol. The molecule has 1 spiro atoms. The molecule has 0 aromatic heterocycles. The van der Waals surface area contributed by atoms with Crippen molar-refractivity contribution in [2.24, 2.45) is 5.92 Å². The van der Waals surface area contributed by atoms with Gasteiger partial charge in [0.25, 0.3) is 0 Å². The van der Waals surface area contributed by atoms with Crippen LogP contribution in [0.5, 0.6) is 11.5 Å². The summed E-state index contributed by atoms with van der Waals surface area (Å²) in [6, 6.07) is 4.48. The van der Waals surface area contributed by atoms with Gasteiger partial charge in [-0.3, -0.25) is 4.90 Å². The summed E-state index contributed by atoms with van der Waals surface area (Å²) >= 11 is 0. The molecule has 5 aliphatic rings. The molecule has 1 saturated carbocycles. The van der Waals surface area contributed by atoms with Crippen molar-refractivity contribution in [2.75, 3.05) is 13.1 Å². The number of hydrogen-bond donors (Lipinski definition) is 1. The van der Waals surface area contributed by atoms with Crippen molar-refractivity contribution in [1.29, 1.82) is 0 Å². The first-order chi connectivity index (χ1) is 11.7. The minimum absolute atomic E-state index is 0.0226. The smallest absolute Gasteiger partial charge is 0.166 e. The molecular weight excluding hydrogens is 298 g/mol. The van der Waals surface area contributed by atoms with Crippen LogP contribution in [-0.4, -0.2) is 35.2 Å². The Morgan fingerprint density at radius 1 is 1.29 bits per heavy atom. The van der Waals surface area contributed by atoms with Crippen LogP contribution in [0.4, 0.5) is 0 Å². The summed E-state index contributed by atoms with van der Waals surface area (Å²) in [4.78, 5) is 2.73. The summed E-state index contributed by atoms with van der Waals surface area (Å²) in [6.45, 7) is 4.59. The molecule has 3 nitrogen and oxygen atoms in total. The van der Waals surface area contributed by atoms with Crippen LogP contribution in [0.1, 0.15) is 37.3 Å². The second-order valence-corrected chi connectivity index (χ2v) is 8.36. The van der Waals surface area contributed by atoms with Crippen molar-refractivity contribution in [2.45, 2.75) is 50.2 Å². The van der Waals surface area contributed by atoms with Gasteiger partial charge in [0.15, 0.2) is 11.5 Å². The Hall–Kier alpha value is -1.74. The number of allylic oxidation sites excluding steroid dienone is 2. The van der Waals surface area contributed by atoms with Crippen LogP contribution in [0.3, 0.4) is 0 Å². The molecule has 1 saturated heterocycles. The fourth-order valence-electron chi connectivity index (χ4n) is 5.75. The topological polar surface area (TPSA) is 32.7 Å². The number of aromatic hydroxyl groups is 1. The highest BCUT2D eigenvalue weighted by Crippen LogP contribution is 2.62. The average Bonchev–Trinajstić information content (AvgIpc) is 3.32. The maximum Gasteiger partial charge on any atom is 0.166 e. The number of benzene rings is 1. The van der Waals surface area contributed by atoms with Gasteiger partial charge in [-0.15, -0.1) is 0 Å². The standard InChI is InChI=1S/C21H23NO2/c1-12-2-6-15-16-10-14-5-7-17(23)19-18(14)21(15,20(12)24-19)8-9-22(16)11-13-3-4-13/h2,5-7,13,16,20,23H,3-4,8-11H2,1H3/t16?,20-,21-/m0/s1. The quantitative estimate of drug-likeness (QED) is 0.907. The van der Waals surface area contributed by atoms with Crippen molar-refractivity contribution in [3.63, 3.8) is 0 Å². The number of nitrogens with zero attached hydrogens (tertiary/aromatic N) is 1. The van der Waals surface area contributed by atoms with E-state index in [1.54, 1.807) is 5.57 Å². The van der Waals surface area contributed by atoms with E-state index in [2.05, 4.69) is 30.0 Å². The average molecular weight is 321 g/mol. The van der Waals surface area contributed by atoms with E-state index in [0.29, 0.717) is 11.8 Å². The SMILES string of the molecule is CC1=CC=C2C3Cc4ccc(O)c5c4[C@@]2(CCN3CC2CC2)[C@H]1O5. The number of likely N-dealkylation sites (tertiary alicyclic amines) is 1. The first-order valence-corrected chi connectivity index (χ1v) is 9.33. The number of phenolic OH excluding ortho intramolecular Hbond substituents is 1. The van der Waals surface area contributed by atoms with Crippen LogP contribution >= 0.6 is 0 Å². The summed E-state index contributed by atoms with van der Waals surface area (Å²) in [5.41, 5.74) is 5.50. The highest BCUT2D eigenvalue weighted by Gasteiger charge is 2.61. The zero-order valence-electron chi connectivity index (χ0n) is 14.1. The third kappa shape index (κ3) is 1.48. The molecule has 6 rings (SSSR count). The molecule has 1 aromatic carbocycles. The van der Waals surface area contributed by atoms with Crippen molar-refractivity contribution in [1.82, 2.24) is 4.90 Å². The lowest BCUT2D eigenvalue weighted by Crippen LogP contribution is -2.59. The van der Waals surface area contributed by atoms with Gasteiger partial charge < -0.3 is 9.84 Å². The van der Waals surface area contributed by atoms with Gasteiger partial charge >= 0.3 is 0 Å². The number of piperidine rings is 1. The minimum atomic E-state index is -0.0226. The van der Waals surface area contributed by atoms with E-state index >= 15 is 0 Å². The van der Waals surface area contributed by atoms with E-state index in [1.807, 2.05) is 6.07 Å². The number of ether oxygens (including phenoxy) is 1. The fourth-order valence-corrected chi connectivity index (χ4v) is 5.75. The molecule has 1 N–H and O–H groups in total. The summed E-state index contributed by atoms with van der Waals surface area (Å²) in [5, 5.41) is 10.4. The molecule has 1 unspecified atom stereocenters. The molecule has 3 heteroatoms. The molecule has 3 aliphatic carbocycles. The Balaban J connectivity index is 1.58. The molecule has 124 valence electrons. The zero-order chi connectivity index (χ0) is 16.1. The molecule has 0 amide bonds.